The van der Waals surface area contributed by atoms with Gasteiger partial charge in [-0.25, -0.2) is 0 Å². The first-order chi connectivity index (χ1) is 9.86. The minimum absolute atomic E-state index is 0.254. The fourth-order valence-corrected chi connectivity index (χ4v) is 2.34. The lowest BCUT2D eigenvalue weighted by atomic mass is 9.99. The highest BCUT2D eigenvalue weighted by Crippen LogP contribution is 2.20. The Bertz CT molecular complexity index is 697. The first-order valence-electron chi connectivity index (χ1n) is 6.63. The van der Waals surface area contributed by atoms with Crippen molar-refractivity contribution in [1.82, 2.24) is 20.3 Å². The molecule has 3 aromatic rings. The highest BCUT2D eigenvalue weighted by molar-refractivity contribution is 5.74. The van der Waals surface area contributed by atoms with Crippen LogP contribution in [0.2, 0.25) is 0 Å². The molecule has 4 nitrogen and oxygen atoms in total. The number of aromatic nitrogens is 3. The zero-order chi connectivity index (χ0) is 13.8. The van der Waals surface area contributed by atoms with Gasteiger partial charge in [0.2, 0.25) is 0 Å². The van der Waals surface area contributed by atoms with Gasteiger partial charge in [0.15, 0.2) is 0 Å². The van der Waals surface area contributed by atoms with Gasteiger partial charge in [-0.05, 0) is 48.9 Å². The molecule has 0 bridgehead atoms. The van der Waals surface area contributed by atoms with Crippen LogP contribution in [0.3, 0.4) is 0 Å². The molecule has 0 fully saturated rings. The summed E-state index contributed by atoms with van der Waals surface area (Å²) in [6.07, 6.45) is 8.02. The lowest BCUT2D eigenvalue weighted by Crippen LogP contribution is -2.18. The van der Waals surface area contributed by atoms with Crippen LogP contribution in [0.4, 0.5) is 0 Å². The number of rotatable bonds is 4. The van der Waals surface area contributed by atoms with E-state index in [1.165, 1.54) is 11.1 Å². The predicted molar refractivity (Wildman–Crippen MR) is 79.3 cm³/mol. The van der Waals surface area contributed by atoms with Gasteiger partial charge in [-0.2, -0.15) is 0 Å². The topological polar surface area (TPSA) is 50.7 Å². The van der Waals surface area contributed by atoms with Crippen LogP contribution in [-0.4, -0.2) is 22.0 Å². The Morgan fingerprint density at radius 2 is 1.70 bits per heavy atom. The normalized spacial score (nSPS) is 12.4. The first kappa shape index (κ1) is 12.7. The van der Waals surface area contributed by atoms with E-state index in [1.807, 2.05) is 37.6 Å². The summed E-state index contributed by atoms with van der Waals surface area (Å²) in [5.74, 6) is 0. The molecule has 100 valence electrons. The van der Waals surface area contributed by atoms with Crippen molar-refractivity contribution in [2.24, 2.45) is 0 Å². The fraction of sp³-hybridized carbons (Fsp3) is 0.188. The second-order valence-electron chi connectivity index (χ2n) is 4.71. The van der Waals surface area contributed by atoms with E-state index in [2.05, 4.69) is 32.4 Å². The molecule has 0 saturated carbocycles. The number of benzene rings is 1. The molecule has 0 spiro atoms. The number of likely N-dealkylation sites (N-methyl/N-ethyl adjacent to an activating group) is 1. The van der Waals surface area contributed by atoms with Crippen LogP contribution in [0, 0.1) is 0 Å². The van der Waals surface area contributed by atoms with Crippen LogP contribution >= 0.6 is 0 Å². The largest absolute Gasteiger partial charge is 0.313 e. The molecule has 20 heavy (non-hydrogen) atoms. The Balaban J connectivity index is 1.91. The molecule has 3 rings (SSSR count). The standard InChI is InChI=1S/C16H16N4/c1-17-15(10-12-4-6-18-7-5-12)13-2-3-14-16(11-13)20-9-8-19-14/h2-9,11,15,17H,10H2,1H3. The number of hydrogen-bond donors (Lipinski definition) is 1. The van der Waals surface area contributed by atoms with Gasteiger partial charge in [0.25, 0.3) is 0 Å². The average Bonchev–Trinajstić information content (AvgIpc) is 2.53. The number of nitrogens with zero attached hydrogens (tertiary/aromatic N) is 3. The Labute approximate surface area is 117 Å². The van der Waals surface area contributed by atoms with E-state index in [-0.39, 0.29) is 6.04 Å². The minimum Gasteiger partial charge on any atom is -0.313 e. The monoisotopic (exact) mass is 264 g/mol. The molecule has 2 heterocycles. The molecule has 0 radical (unpaired) electrons. The van der Waals surface area contributed by atoms with Crippen molar-refractivity contribution in [2.75, 3.05) is 7.05 Å². The van der Waals surface area contributed by atoms with Gasteiger partial charge in [0.1, 0.15) is 0 Å². The Morgan fingerprint density at radius 1 is 0.950 bits per heavy atom. The molecule has 0 aliphatic carbocycles. The summed E-state index contributed by atoms with van der Waals surface area (Å²) >= 11 is 0. The molecule has 2 aromatic heterocycles. The van der Waals surface area contributed by atoms with Gasteiger partial charge >= 0.3 is 0 Å². The lowest BCUT2D eigenvalue weighted by molar-refractivity contribution is 0.592. The quantitative estimate of drug-likeness (QED) is 0.786. The van der Waals surface area contributed by atoms with Crippen molar-refractivity contribution in [2.45, 2.75) is 12.5 Å². The second-order valence-corrected chi connectivity index (χ2v) is 4.71. The van der Waals surface area contributed by atoms with Crippen molar-refractivity contribution in [3.8, 4) is 0 Å². The molecule has 0 aliphatic rings. The maximum Gasteiger partial charge on any atom is 0.0890 e. The lowest BCUT2D eigenvalue weighted by Gasteiger charge is -2.17. The predicted octanol–water partition coefficient (Wildman–Crippen LogP) is 2.53. The second kappa shape index (κ2) is 5.75. The van der Waals surface area contributed by atoms with Crippen LogP contribution in [0.25, 0.3) is 11.0 Å². The number of hydrogen-bond acceptors (Lipinski definition) is 4. The van der Waals surface area contributed by atoms with Crippen molar-refractivity contribution in [3.63, 3.8) is 0 Å². The van der Waals surface area contributed by atoms with Gasteiger partial charge in [-0.15, -0.1) is 0 Å². The van der Waals surface area contributed by atoms with Gasteiger partial charge in [-0.3, -0.25) is 15.0 Å². The average molecular weight is 264 g/mol. The van der Waals surface area contributed by atoms with Crippen LogP contribution in [0.5, 0.6) is 0 Å². The molecule has 0 saturated heterocycles. The van der Waals surface area contributed by atoms with E-state index in [9.17, 15) is 0 Å². The van der Waals surface area contributed by atoms with Gasteiger partial charge in [0.05, 0.1) is 11.0 Å². The molecule has 1 aromatic carbocycles. The molecule has 4 heteroatoms. The molecule has 1 unspecified atom stereocenters. The third-order valence-corrected chi connectivity index (χ3v) is 3.43. The van der Waals surface area contributed by atoms with E-state index in [4.69, 9.17) is 0 Å². The highest BCUT2D eigenvalue weighted by Gasteiger charge is 2.11. The molecule has 0 amide bonds. The van der Waals surface area contributed by atoms with Crippen molar-refractivity contribution in [1.29, 1.82) is 0 Å². The third kappa shape index (κ3) is 2.65. The molecule has 1 N–H and O–H groups in total. The van der Waals surface area contributed by atoms with E-state index in [0.29, 0.717) is 0 Å². The van der Waals surface area contributed by atoms with Crippen molar-refractivity contribution in [3.05, 3.63) is 66.2 Å². The third-order valence-electron chi connectivity index (χ3n) is 3.43. The zero-order valence-corrected chi connectivity index (χ0v) is 11.3. The molecular formula is C16H16N4. The summed E-state index contributed by atoms with van der Waals surface area (Å²) in [4.78, 5) is 12.7. The van der Waals surface area contributed by atoms with E-state index in [0.717, 1.165) is 17.5 Å². The van der Waals surface area contributed by atoms with E-state index >= 15 is 0 Å². The van der Waals surface area contributed by atoms with Crippen molar-refractivity contribution >= 4 is 11.0 Å². The summed E-state index contributed by atoms with van der Waals surface area (Å²) in [5, 5.41) is 3.36. The molecule has 1 atom stereocenters. The number of nitrogens with one attached hydrogen (secondary N) is 1. The number of fused-ring (bicyclic) bond motifs is 1. The van der Waals surface area contributed by atoms with Crippen molar-refractivity contribution < 1.29 is 0 Å². The minimum atomic E-state index is 0.254. The summed E-state index contributed by atoms with van der Waals surface area (Å²) in [7, 11) is 1.98. The SMILES string of the molecule is CNC(Cc1ccncc1)c1ccc2nccnc2c1. The number of pyridine rings is 1. The summed E-state index contributed by atoms with van der Waals surface area (Å²) < 4.78 is 0. The summed E-state index contributed by atoms with van der Waals surface area (Å²) in [5.41, 5.74) is 4.34. The van der Waals surface area contributed by atoms with Crippen LogP contribution in [0.1, 0.15) is 17.2 Å². The van der Waals surface area contributed by atoms with Gasteiger partial charge < -0.3 is 5.32 Å². The smallest absolute Gasteiger partial charge is 0.0890 e. The van der Waals surface area contributed by atoms with E-state index < -0.39 is 0 Å². The Hall–Kier alpha value is -2.33. The summed E-state index contributed by atoms with van der Waals surface area (Å²) in [6, 6.07) is 10.6. The van der Waals surface area contributed by atoms with E-state index in [1.54, 1.807) is 12.4 Å². The maximum atomic E-state index is 4.37. The summed E-state index contributed by atoms with van der Waals surface area (Å²) in [6.45, 7) is 0. The Morgan fingerprint density at radius 3 is 2.45 bits per heavy atom. The van der Waals surface area contributed by atoms with Gasteiger partial charge in [-0.1, -0.05) is 6.07 Å². The highest BCUT2D eigenvalue weighted by atomic mass is 14.9. The Kier molecular flexibility index (Phi) is 3.65. The first-order valence-corrected chi connectivity index (χ1v) is 6.63. The van der Waals surface area contributed by atoms with Crippen LogP contribution in [-0.2, 0) is 6.42 Å². The van der Waals surface area contributed by atoms with Crippen LogP contribution < -0.4 is 5.32 Å². The molecule has 0 aliphatic heterocycles. The fourth-order valence-electron chi connectivity index (χ4n) is 2.34. The zero-order valence-electron chi connectivity index (χ0n) is 11.3. The van der Waals surface area contributed by atoms with Gasteiger partial charge in [0, 0.05) is 30.8 Å². The van der Waals surface area contributed by atoms with Crippen LogP contribution in [0.15, 0.2) is 55.1 Å². The molecular weight excluding hydrogens is 248 g/mol. The maximum absolute atomic E-state index is 4.37.